The molecule has 3 heteroatoms. The second-order valence-corrected chi connectivity index (χ2v) is 5.68. The topological polar surface area (TPSA) is 35.2 Å². The molecule has 0 saturated heterocycles. The Bertz CT molecular complexity index is 566. The van der Waals surface area contributed by atoms with Crippen LogP contribution in [0.3, 0.4) is 0 Å². The van der Waals surface area contributed by atoms with Gasteiger partial charge in [-0.05, 0) is 65.5 Å². The minimum Gasteiger partial charge on any atom is -0.456 e. The van der Waals surface area contributed by atoms with Gasteiger partial charge in [0.1, 0.15) is 11.5 Å². The van der Waals surface area contributed by atoms with Crippen molar-refractivity contribution in [2.75, 3.05) is 0 Å². The monoisotopic (exact) mass is 319 g/mol. The fraction of sp³-hybridized carbons (Fsp3) is 0.250. The summed E-state index contributed by atoms with van der Waals surface area (Å²) in [5.74, 6) is 1.69. The van der Waals surface area contributed by atoms with Crippen LogP contribution in [0.15, 0.2) is 46.9 Å². The van der Waals surface area contributed by atoms with Crippen LogP contribution in [0.25, 0.3) is 0 Å². The van der Waals surface area contributed by atoms with Gasteiger partial charge in [-0.15, -0.1) is 0 Å². The lowest BCUT2D eigenvalue weighted by atomic mass is 10.1. The molecule has 1 atom stereocenters. The zero-order chi connectivity index (χ0) is 13.8. The quantitative estimate of drug-likeness (QED) is 0.904. The number of benzene rings is 2. The number of aryl methyl sites for hydroxylation is 1. The molecule has 19 heavy (non-hydrogen) atoms. The molecule has 1 unspecified atom stereocenters. The lowest BCUT2D eigenvalue weighted by Crippen LogP contribution is -2.18. The van der Waals surface area contributed by atoms with Gasteiger partial charge in [0, 0.05) is 6.04 Å². The van der Waals surface area contributed by atoms with Crippen molar-refractivity contribution in [2.45, 2.75) is 26.3 Å². The normalized spacial score (nSPS) is 12.2. The number of hydrogen-bond donors (Lipinski definition) is 1. The fourth-order valence-corrected chi connectivity index (χ4v) is 2.50. The third kappa shape index (κ3) is 3.82. The van der Waals surface area contributed by atoms with Crippen LogP contribution in [-0.2, 0) is 6.42 Å². The first-order valence-electron chi connectivity index (χ1n) is 6.34. The van der Waals surface area contributed by atoms with E-state index < -0.39 is 0 Å². The summed E-state index contributed by atoms with van der Waals surface area (Å²) in [6, 6.07) is 14.2. The lowest BCUT2D eigenvalue weighted by Gasteiger charge is -2.14. The molecule has 0 aliphatic carbocycles. The van der Waals surface area contributed by atoms with Crippen molar-refractivity contribution in [3.8, 4) is 11.5 Å². The molecule has 0 heterocycles. The van der Waals surface area contributed by atoms with E-state index in [0.717, 1.165) is 28.0 Å². The van der Waals surface area contributed by atoms with Crippen LogP contribution < -0.4 is 10.5 Å². The van der Waals surface area contributed by atoms with Crippen LogP contribution in [0.1, 0.15) is 18.1 Å². The number of rotatable bonds is 4. The Morgan fingerprint density at radius 3 is 2.58 bits per heavy atom. The maximum atomic E-state index is 5.99. The number of hydrogen-bond acceptors (Lipinski definition) is 2. The molecular formula is C16H18BrNO. The molecule has 2 rings (SSSR count). The molecule has 100 valence electrons. The predicted molar refractivity (Wildman–Crippen MR) is 82.7 cm³/mol. The van der Waals surface area contributed by atoms with Crippen LogP contribution in [-0.4, -0.2) is 6.04 Å². The van der Waals surface area contributed by atoms with Crippen molar-refractivity contribution in [2.24, 2.45) is 5.73 Å². The molecule has 2 aromatic carbocycles. The van der Waals surface area contributed by atoms with E-state index >= 15 is 0 Å². The van der Waals surface area contributed by atoms with E-state index in [1.54, 1.807) is 0 Å². The molecule has 0 aliphatic rings. The molecule has 2 N–H and O–H groups in total. The van der Waals surface area contributed by atoms with E-state index in [9.17, 15) is 0 Å². The van der Waals surface area contributed by atoms with Gasteiger partial charge in [-0.3, -0.25) is 0 Å². The first kappa shape index (κ1) is 14.1. The highest BCUT2D eigenvalue weighted by Crippen LogP contribution is 2.32. The summed E-state index contributed by atoms with van der Waals surface area (Å²) in [5.41, 5.74) is 8.20. The molecular weight excluding hydrogens is 302 g/mol. The van der Waals surface area contributed by atoms with Crippen LogP contribution >= 0.6 is 15.9 Å². The van der Waals surface area contributed by atoms with Crippen LogP contribution in [0, 0.1) is 6.92 Å². The lowest BCUT2D eigenvalue weighted by molar-refractivity contribution is 0.471. The fourth-order valence-electron chi connectivity index (χ4n) is 1.93. The van der Waals surface area contributed by atoms with Gasteiger partial charge in [0.05, 0.1) is 4.47 Å². The van der Waals surface area contributed by atoms with Gasteiger partial charge in [0.25, 0.3) is 0 Å². The Kier molecular flexibility index (Phi) is 4.61. The van der Waals surface area contributed by atoms with Gasteiger partial charge < -0.3 is 10.5 Å². The van der Waals surface area contributed by atoms with E-state index in [4.69, 9.17) is 10.5 Å². The smallest absolute Gasteiger partial charge is 0.141 e. The van der Waals surface area contributed by atoms with Crippen molar-refractivity contribution < 1.29 is 4.74 Å². The molecule has 2 aromatic rings. The number of ether oxygens (including phenoxy) is 1. The van der Waals surface area contributed by atoms with Gasteiger partial charge in [0.2, 0.25) is 0 Å². The van der Waals surface area contributed by atoms with Gasteiger partial charge in [0.15, 0.2) is 0 Å². The Labute approximate surface area is 122 Å². The summed E-state index contributed by atoms with van der Waals surface area (Å²) in [7, 11) is 0. The van der Waals surface area contributed by atoms with Crippen LogP contribution in [0.4, 0.5) is 0 Å². The summed E-state index contributed by atoms with van der Waals surface area (Å²) >= 11 is 3.53. The zero-order valence-electron chi connectivity index (χ0n) is 11.2. The van der Waals surface area contributed by atoms with E-state index in [1.165, 1.54) is 5.56 Å². The molecule has 0 aromatic heterocycles. The second kappa shape index (κ2) is 6.22. The highest BCUT2D eigenvalue weighted by molar-refractivity contribution is 9.10. The average Bonchev–Trinajstić information content (AvgIpc) is 2.34. The van der Waals surface area contributed by atoms with Crippen molar-refractivity contribution in [1.82, 2.24) is 0 Å². The van der Waals surface area contributed by atoms with Crippen LogP contribution in [0.2, 0.25) is 0 Å². The van der Waals surface area contributed by atoms with E-state index in [0.29, 0.717) is 0 Å². The molecule has 0 saturated carbocycles. The largest absolute Gasteiger partial charge is 0.456 e. The summed E-state index contributed by atoms with van der Waals surface area (Å²) in [6.45, 7) is 4.05. The maximum absolute atomic E-state index is 5.99. The van der Waals surface area contributed by atoms with Gasteiger partial charge >= 0.3 is 0 Å². The first-order valence-corrected chi connectivity index (χ1v) is 7.13. The van der Waals surface area contributed by atoms with Crippen molar-refractivity contribution in [3.05, 3.63) is 58.1 Å². The Hall–Kier alpha value is -1.32. The van der Waals surface area contributed by atoms with Gasteiger partial charge in [-0.25, -0.2) is 0 Å². The maximum Gasteiger partial charge on any atom is 0.141 e. The summed E-state index contributed by atoms with van der Waals surface area (Å²) in [4.78, 5) is 0. The third-order valence-electron chi connectivity index (χ3n) is 2.82. The summed E-state index contributed by atoms with van der Waals surface area (Å²) in [6.07, 6.45) is 0.805. The molecule has 0 aliphatic heterocycles. The average molecular weight is 320 g/mol. The minimum atomic E-state index is 0.117. The summed E-state index contributed by atoms with van der Waals surface area (Å²) in [5, 5.41) is 0. The highest BCUT2D eigenvalue weighted by Gasteiger charge is 2.08. The van der Waals surface area contributed by atoms with E-state index in [2.05, 4.69) is 28.9 Å². The molecule has 0 radical (unpaired) electrons. The molecule has 0 amide bonds. The Morgan fingerprint density at radius 1 is 1.16 bits per heavy atom. The van der Waals surface area contributed by atoms with Gasteiger partial charge in [-0.2, -0.15) is 0 Å². The molecule has 0 bridgehead atoms. The van der Waals surface area contributed by atoms with E-state index in [-0.39, 0.29) is 6.04 Å². The second-order valence-electron chi connectivity index (χ2n) is 4.83. The van der Waals surface area contributed by atoms with Crippen LogP contribution in [0.5, 0.6) is 11.5 Å². The number of nitrogens with two attached hydrogens (primary N) is 1. The van der Waals surface area contributed by atoms with Crippen molar-refractivity contribution in [3.63, 3.8) is 0 Å². The van der Waals surface area contributed by atoms with Crippen molar-refractivity contribution in [1.29, 1.82) is 0 Å². The molecule has 0 fully saturated rings. The Morgan fingerprint density at radius 2 is 1.89 bits per heavy atom. The molecule has 0 spiro atoms. The molecule has 2 nitrogen and oxygen atoms in total. The first-order chi connectivity index (χ1) is 9.06. The van der Waals surface area contributed by atoms with Gasteiger partial charge in [-0.1, -0.05) is 24.3 Å². The predicted octanol–water partition coefficient (Wildman–Crippen LogP) is 4.44. The third-order valence-corrected chi connectivity index (χ3v) is 3.44. The van der Waals surface area contributed by atoms with E-state index in [1.807, 2.05) is 43.3 Å². The van der Waals surface area contributed by atoms with Crippen molar-refractivity contribution >= 4 is 15.9 Å². The zero-order valence-corrected chi connectivity index (χ0v) is 12.8. The number of para-hydroxylation sites is 1. The summed E-state index contributed by atoms with van der Waals surface area (Å²) < 4.78 is 6.95. The standard InChI is InChI=1S/C16H18BrNO/c1-11-7-8-16(14(17)9-11)19-15-6-4-3-5-13(15)10-12(2)18/h3-9,12H,10,18H2,1-2H3. The Balaban J connectivity index is 2.27. The minimum absolute atomic E-state index is 0.117. The SMILES string of the molecule is Cc1ccc(Oc2ccccc2CC(C)N)c(Br)c1. The number of halogens is 1. The highest BCUT2D eigenvalue weighted by atomic mass is 79.9.